The number of nitriles is 1. The van der Waals surface area contributed by atoms with Crippen LogP contribution in [0.5, 0.6) is 5.75 Å². The van der Waals surface area contributed by atoms with E-state index in [4.69, 9.17) is 5.26 Å². The van der Waals surface area contributed by atoms with E-state index in [1.165, 1.54) is 5.56 Å². The van der Waals surface area contributed by atoms with Crippen molar-refractivity contribution >= 4 is 0 Å². The fraction of sp³-hybridized carbons (Fsp3) is 0.318. The van der Waals surface area contributed by atoms with Crippen LogP contribution in [-0.4, -0.2) is 38.1 Å². The van der Waals surface area contributed by atoms with Crippen LogP contribution in [0.1, 0.15) is 41.1 Å². The van der Waals surface area contributed by atoms with Crippen LogP contribution in [0.4, 0.5) is 0 Å². The number of piperidine rings is 1. The first-order valence-electron chi connectivity index (χ1n) is 9.59. The van der Waals surface area contributed by atoms with Crippen LogP contribution in [0.2, 0.25) is 0 Å². The van der Waals surface area contributed by atoms with Gasteiger partial charge >= 0.3 is 0 Å². The summed E-state index contributed by atoms with van der Waals surface area (Å²) in [6.07, 6.45) is 4.17. The number of benzene rings is 2. The van der Waals surface area contributed by atoms with E-state index in [0.717, 1.165) is 43.7 Å². The van der Waals surface area contributed by atoms with E-state index in [1.807, 2.05) is 47.3 Å². The molecule has 0 amide bonds. The van der Waals surface area contributed by atoms with E-state index in [2.05, 4.69) is 27.3 Å². The van der Waals surface area contributed by atoms with E-state index in [-0.39, 0.29) is 0 Å². The van der Waals surface area contributed by atoms with Crippen molar-refractivity contribution in [1.82, 2.24) is 19.9 Å². The number of phenolic OH excluding ortho intramolecular Hbond substituents is 1. The lowest BCUT2D eigenvalue weighted by molar-refractivity contribution is 0.202. The molecule has 2 aromatic carbocycles. The summed E-state index contributed by atoms with van der Waals surface area (Å²) in [6.45, 7) is 3.49. The highest BCUT2D eigenvalue weighted by atomic mass is 16.3. The Bertz CT molecular complexity index is 965. The van der Waals surface area contributed by atoms with Gasteiger partial charge in [0.15, 0.2) is 0 Å². The molecule has 0 bridgehead atoms. The highest BCUT2D eigenvalue weighted by Gasteiger charge is 2.21. The Balaban J connectivity index is 1.30. The third kappa shape index (κ3) is 4.38. The van der Waals surface area contributed by atoms with Gasteiger partial charge in [0, 0.05) is 6.54 Å². The summed E-state index contributed by atoms with van der Waals surface area (Å²) >= 11 is 0. The quantitative estimate of drug-likeness (QED) is 0.743. The monoisotopic (exact) mass is 373 g/mol. The zero-order valence-corrected chi connectivity index (χ0v) is 15.7. The average molecular weight is 373 g/mol. The van der Waals surface area contributed by atoms with Crippen molar-refractivity contribution < 1.29 is 5.11 Å². The number of phenols is 1. The van der Waals surface area contributed by atoms with Gasteiger partial charge < -0.3 is 5.11 Å². The molecule has 0 spiro atoms. The highest BCUT2D eigenvalue weighted by Crippen LogP contribution is 2.30. The lowest BCUT2D eigenvalue weighted by Crippen LogP contribution is -2.32. The minimum absolute atomic E-state index is 0.346. The molecule has 1 fully saturated rings. The standard InChI is InChI=1S/C22H23N5O/c23-13-17-4-6-18(7-5-17)14-27-16-21(24-25-27)15-26-10-8-19(9-11-26)20-2-1-3-22(28)12-20/h1-7,12,16,19,28H,8-11,14-15H2. The fourth-order valence-corrected chi connectivity index (χ4v) is 3.79. The number of rotatable bonds is 5. The molecule has 6 heteroatoms. The van der Waals surface area contributed by atoms with E-state index < -0.39 is 0 Å². The van der Waals surface area contributed by atoms with E-state index in [9.17, 15) is 5.11 Å². The molecule has 1 N–H and O–H groups in total. The number of hydrogen-bond donors (Lipinski definition) is 1. The molecule has 142 valence electrons. The van der Waals surface area contributed by atoms with Crippen molar-refractivity contribution in [3.63, 3.8) is 0 Å². The first kappa shape index (κ1) is 18.2. The Morgan fingerprint density at radius 2 is 1.86 bits per heavy atom. The van der Waals surface area contributed by atoms with Crippen molar-refractivity contribution in [2.45, 2.75) is 31.8 Å². The molecule has 2 heterocycles. The second kappa shape index (κ2) is 8.24. The van der Waals surface area contributed by atoms with Gasteiger partial charge in [-0.3, -0.25) is 4.90 Å². The largest absolute Gasteiger partial charge is 0.508 e. The number of aromatic hydroxyl groups is 1. The minimum Gasteiger partial charge on any atom is -0.508 e. The number of likely N-dealkylation sites (tertiary alicyclic amines) is 1. The van der Waals surface area contributed by atoms with Gasteiger partial charge in [-0.2, -0.15) is 5.26 Å². The summed E-state index contributed by atoms with van der Waals surface area (Å²) in [5.74, 6) is 0.856. The van der Waals surface area contributed by atoms with E-state index in [1.54, 1.807) is 6.07 Å². The van der Waals surface area contributed by atoms with Gasteiger partial charge in [-0.05, 0) is 67.2 Å². The van der Waals surface area contributed by atoms with Gasteiger partial charge in [0.05, 0.1) is 30.1 Å². The molecular formula is C22H23N5O. The fourth-order valence-electron chi connectivity index (χ4n) is 3.79. The molecule has 1 saturated heterocycles. The van der Waals surface area contributed by atoms with Crippen LogP contribution in [0, 0.1) is 11.3 Å². The SMILES string of the molecule is N#Cc1ccc(Cn2cc(CN3CCC(c4cccc(O)c4)CC3)nn2)cc1. The third-order valence-corrected chi connectivity index (χ3v) is 5.33. The first-order valence-corrected chi connectivity index (χ1v) is 9.59. The predicted molar refractivity (Wildman–Crippen MR) is 106 cm³/mol. The van der Waals surface area contributed by atoms with Gasteiger partial charge in [-0.1, -0.05) is 29.5 Å². The van der Waals surface area contributed by atoms with Gasteiger partial charge in [0.1, 0.15) is 5.75 Å². The van der Waals surface area contributed by atoms with Crippen molar-refractivity contribution in [2.75, 3.05) is 13.1 Å². The van der Waals surface area contributed by atoms with Gasteiger partial charge in [0.2, 0.25) is 0 Å². The van der Waals surface area contributed by atoms with Gasteiger partial charge in [0.25, 0.3) is 0 Å². The topological polar surface area (TPSA) is 78.0 Å². The second-order valence-electron chi connectivity index (χ2n) is 7.36. The Morgan fingerprint density at radius 3 is 2.57 bits per heavy atom. The summed E-state index contributed by atoms with van der Waals surface area (Å²) in [5.41, 5.74) is 3.97. The van der Waals surface area contributed by atoms with E-state index >= 15 is 0 Å². The third-order valence-electron chi connectivity index (χ3n) is 5.33. The smallest absolute Gasteiger partial charge is 0.115 e. The van der Waals surface area contributed by atoms with Crippen LogP contribution in [0.15, 0.2) is 54.7 Å². The molecule has 1 aliphatic heterocycles. The van der Waals surface area contributed by atoms with Crippen LogP contribution in [0.3, 0.4) is 0 Å². The predicted octanol–water partition coefficient (Wildman–Crippen LogP) is 3.28. The zero-order valence-electron chi connectivity index (χ0n) is 15.7. The summed E-state index contributed by atoms with van der Waals surface area (Å²) in [6, 6.07) is 17.3. The molecule has 1 aromatic heterocycles. The minimum atomic E-state index is 0.346. The zero-order chi connectivity index (χ0) is 19.3. The molecule has 1 aliphatic rings. The molecule has 0 aliphatic carbocycles. The number of nitrogens with zero attached hydrogens (tertiary/aromatic N) is 5. The molecular weight excluding hydrogens is 350 g/mol. The number of hydrogen-bond acceptors (Lipinski definition) is 5. The molecule has 0 saturated carbocycles. The molecule has 4 rings (SSSR count). The Kier molecular flexibility index (Phi) is 5.36. The molecule has 6 nitrogen and oxygen atoms in total. The Morgan fingerprint density at radius 1 is 1.07 bits per heavy atom. The number of aromatic nitrogens is 3. The van der Waals surface area contributed by atoms with Crippen LogP contribution >= 0.6 is 0 Å². The maximum absolute atomic E-state index is 9.68. The van der Waals surface area contributed by atoms with Crippen molar-refractivity contribution in [1.29, 1.82) is 5.26 Å². The summed E-state index contributed by atoms with van der Waals surface area (Å²) in [7, 11) is 0. The summed E-state index contributed by atoms with van der Waals surface area (Å²) in [4.78, 5) is 2.41. The van der Waals surface area contributed by atoms with Crippen molar-refractivity contribution in [3.05, 3.63) is 77.1 Å². The van der Waals surface area contributed by atoms with Crippen LogP contribution in [0.25, 0.3) is 0 Å². The Labute approximate surface area is 164 Å². The van der Waals surface area contributed by atoms with Crippen molar-refractivity contribution in [3.8, 4) is 11.8 Å². The van der Waals surface area contributed by atoms with Crippen LogP contribution in [-0.2, 0) is 13.1 Å². The summed E-state index contributed by atoms with van der Waals surface area (Å²) in [5, 5.41) is 27.1. The molecule has 0 atom stereocenters. The molecule has 28 heavy (non-hydrogen) atoms. The maximum atomic E-state index is 9.68. The van der Waals surface area contributed by atoms with E-state index in [0.29, 0.717) is 23.8 Å². The molecule has 3 aromatic rings. The molecule has 0 radical (unpaired) electrons. The maximum Gasteiger partial charge on any atom is 0.115 e. The average Bonchev–Trinajstić information content (AvgIpc) is 3.16. The van der Waals surface area contributed by atoms with Crippen molar-refractivity contribution in [2.24, 2.45) is 0 Å². The summed E-state index contributed by atoms with van der Waals surface area (Å²) < 4.78 is 1.84. The second-order valence-corrected chi connectivity index (χ2v) is 7.36. The lowest BCUT2D eigenvalue weighted by Gasteiger charge is -2.31. The highest BCUT2D eigenvalue weighted by molar-refractivity contribution is 5.32. The van der Waals surface area contributed by atoms with Crippen LogP contribution < -0.4 is 0 Å². The normalized spacial score (nSPS) is 15.4. The Hall–Kier alpha value is -3.17. The first-order chi connectivity index (χ1) is 13.7. The van der Waals surface area contributed by atoms with Gasteiger partial charge in [-0.15, -0.1) is 5.10 Å². The lowest BCUT2D eigenvalue weighted by atomic mass is 9.89. The molecule has 0 unspecified atom stereocenters. The van der Waals surface area contributed by atoms with Gasteiger partial charge in [-0.25, -0.2) is 4.68 Å².